The Kier molecular flexibility index (Phi) is 4.71. The molecule has 2 aromatic heterocycles. The third kappa shape index (κ3) is 3.67. The zero-order valence-corrected chi connectivity index (χ0v) is 15.1. The van der Waals surface area contributed by atoms with Crippen LogP contribution in [0.5, 0.6) is 0 Å². The maximum Gasteiger partial charge on any atom is 0.244 e. The van der Waals surface area contributed by atoms with Crippen LogP contribution < -0.4 is 9.62 Å². The van der Waals surface area contributed by atoms with Crippen molar-refractivity contribution >= 4 is 16.0 Å². The maximum absolute atomic E-state index is 12.5. The van der Waals surface area contributed by atoms with Gasteiger partial charge in [0.05, 0.1) is 23.6 Å². The first kappa shape index (κ1) is 17.4. The Morgan fingerprint density at radius 1 is 1.22 bits per heavy atom. The van der Waals surface area contributed by atoms with Gasteiger partial charge >= 0.3 is 0 Å². The first-order valence-corrected chi connectivity index (χ1v) is 8.62. The molecule has 0 bridgehead atoms. The van der Waals surface area contributed by atoms with Crippen molar-refractivity contribution in [3.8, 4) is 0 Å². The topological polar surface area (TPSA) is 93.0 Å². The lowest BCUT2D eigenvalue weighted by atomic mass is 10.3. The van der Waals surface area contributed by atoms with Gasteiger partial charge in [0, 0.05) is 26.8 Å². The zero-order valence-electron chi connectivity index (χ0n) is 14.2. The first-order chi connectivity index (χ1) is 10.6. The molecule has 0 atom stereocenters. The van der Waals surface area contributed by atoms with E-state index in [1.807, 2.05) is 21.0 Å². The Bertz CT molecular complexity index is 826. The molecule has 23 heavy (non-hydrogen) atoms. The summed E-state index contributed by atoms with van der Waals surface area (Å²) in [5.74, 6) is 0.549. The van der Waals surface area contributed by atoms with Gasteiger partial charge in [-0.1, -0.05) is 0 Å². The molecule has 2 heterocycles. The van der Waals surface area contributed by atoms with E-state index < -0.39 is 10.0 Å². The lowest BCUT2D eigenvalue weighted by Crippen LogP contribution is -2.25. The number of nitrogens with zero attached hydrogens (tertiary/aromatic N) is 5. The number of anilines is 1. The molecule has 8 nitrogen and oxygen atoms in total. The van der Waals surface area contributed by atoms with E-state index >= 15 is 0 Å². The number of hydrogen-bond acceptors (Lipinski definition) is 6. The van der Waals surface area contributed by atoms with Crippen LogP contribution in [0.25, 0.3) is 0 Å². The fraction of sp³-hybridized carbons (Fsp3) is 0.500. The van der Waals surface area contributed by atoms with Crippen LogP contribution in [0.4, 0.5) is 5.95 Å². The van der Waals surface area contributed by atoms with Crippen LogP contribution in [0.15, 0.2) is 11.0 Å². The van der Waals surface area contributed by atoms with Crippen molar-refractivity contribution in [2.24, 2.45) is 7.05 Å². The second-order valence-electron chi connectivity index (χ2n) is 5.64. The second kappa shape index (κ2) is 6.25. The minimum Gasteiger partial charge on any atom is -0.347 e. The Labute approximate surface area is 136 Å². The Hall–Kier alpha value is -2.00. The monoisotopic (exact) mass is 338 g/mol. The smallest absolute Gasteiger partial charge is 0.244 e. The second-order valence-corrected chi connectivity index (χ2v) is 7.35. The van der Waals surface area contributed by atoms with Crippen LogP contribution in [0.3, 0.4) is 0 Å². The van der Waals surface area contributed by atoms with Crippen LogP contribution in [-0.4, -0.2) is 42.3 Å². The first-order valence-electron chi connectivity index (χ1n) is 7.13. The molecule has 0 aliphatic heterocycles. The van der Waals surface area contributed by atoms with Crippen molar-refractivity contribution in [2.75, 3.05) is 19.0 Å². The van der Waals surface area contributed by atoms with Gasteiger partial charge in [-0.05, 0) is 26.8 Å². The highest BCUT2D eigenvalue weighted by Gasteiger charge is 2.23. The summed E-state index contributed by atoms with van der Waals surface area (Å²) in [6.07, 6.45) is 0. The summed E-state index contributed by atoms with van der Waals surface area (Å²) >= 11 is 0. The summed E-state index contributed by atoms with van der Waals surface area (Å²) < 4.78 is 29.2. The summed E-state index contributed by atoms with van der Waals surface area (Å²) in [6.45, 7) is 5.36. The zero-order chi connectivity index (χ0) is 17.4. The molecule has 0 fully saturated rings. The average Bonchev–Trinajstić information content (AvgIpc) is 2.70. The average molecular weight is 338 g/mol. The molecule has 0 saturated heterocycles. The summed E-state index contributed by atoms with van der Waals surface area (Å²) in [4.78, 5) is 10.6. The van der Waals surface area contributed by atoms with Gasteiger partial charge in [-0.25, -0.2) is 23.1 Å². The molecule has 2 rings (SSSR count). The van der Waals surface area contributed by atoms with Gasteiger partial charge in [0.1, 0.15) is 4.90 Å². The highest BCUT2D eigenvalue weighted by Crippen LogP contribution is 2.18. The third-order valence-electron chi connectivity index (χ3n) is 3.45. The third-order valence-corrected chi connectivity index (χ3v) is 5.10. The van der Waals surface area contributed by atoms with E-state index in [9.17, 15) is 8.42 Å². The van der Waals surface area contributed by atoms with E-state index in [0.29, 0.717) is 23.0 Å². The molecule has 0 aliphatic carbocycles. The number of rotatable bonds is 5. The van der Waals surface area contributed by atoms with Gasteiger partial charge < -0.3 is 4.90 Å². The quantitative estimate of drug-likeness (QED) is 0.862. The minimum atomic E-state index is -3.65. The highest BCUT2D eigenvalue weighted by molar-refractivity contribution is 7.89. The van der Waals surface area contributed by atoms with E-state index in [1.165, 1.54) is 0 Å². The molecule has 1 N–H and O–H groups in total. The SMILES string of the molecule is Cc1cc(CNS(=O)(=O)c2c(C)nn(C)c2C)nc(N(C)C)n1. The number of sulfonamides is 1. The lowest BCUT2D eigenvalue weighted by molar-refractivity contribution is 0.578. The predicted molar refractivity (Wildman–Crippen MR) is 87.8 cm³/mol. The van der Waals surface area contributed by atoms with Crippen molar-refractivity contribution in [3.63, 3.8) is 0 Å². The summed E-state index contributed by atoms with van der Waals surface area (Å²) in [5.41, 5.74) is 2.48. The normalized spacial score (nSPS) is 11.7. The van der Waals surface area contributed by atoms with E-state index in [4.69, 9.17) is 0 Å². The Morgan fingerprint density at radius 2 is 1.87 bits per heavy atom. The van der Waals surface area contributed by atoms with Gasteiger partial charge in [0.25, 0.3) is 0 Å². The molecular weight excluding hydrogens is 316 g/mol. The largest absolute Gasteiger partial charge is 0.347 e. The van der Waals surface area contributed by atoms with E-state index in [0.717, 1.165) is 5.69 Å². The minimum absolute atomic E-state index is 0.0975. The number of aryl methyl sites for hydroxylation is 3. The van der Waals surface area contributed by atoms with E-state index in [1.54, 1.807) is 36.5 Å². The highest BCUT2D eigenvalue weighted by atomic mass is 32.2. The molecule has 126 valence electrons. The summed E-state index contributed by atoms with van der Waals surface area (Å²) in [6, 6.07) is 1.76. The van der Waals surface area contributed by atoms with Gasteiger partial charge in [-0.15, -0.1) is 0 Å². The molecule has 0 spiro atoms. The predicted octanol–water partition coefficient (Wildman–Crippen LogP) is 0.680. The molecule has 2 aromatic rings. The van der Waals surface area contributed by atoms with Crippen LogP contribution in [-0.2, 0) is 23.6 Å². The molecule has 0 aromatic carbocycles. The number of hydrogen-bond donors (Lipinski definition) is 1. The Balaban J connectivity index is 2.26. The summed E-state index contributed by atoms with van der Waals surface area (Å²) in [5, 5.41) is 4.15. The molecular formula is C14H22N6O2S. The summed E-state index contributed by atoms with van der Waals surface area (Å²) in [7, 11) is 1.75. The van der Waals surface area contributed by atoms with Gasteiger partial charge in [0.2, 0.25) is 16.0 Å². The molecule has 0 unspecified atom stereocenters. The van der Waals surface area contributed by atoms with Gasteiger partial charge in [0.15, 0.2) is 0 Å². The van der Waals surface area contributed by atoms with Gasteiger partial charge in [-0.2, -0.15) is 5.10 Å². The lowest BCUT2D eigenvalue weighted by Gasteiger charge is -2.13. The van der Waals surface area contributed by atoms with E-state index in [-0.39, 0.29) is 11.4 Å². The van der Waals surface area contributed by atoms with Crippen LogP contribution >= 0.6 is 0 Å². The van der Waals surface area contributed by atoms with E-state index in [2.05, 4.69) is 19.8 Å². The van der Waals surface area contributed by atoms with Crippen LogP contribution in [0, 0.1) is 20.8 Å². The Morgan fingerprint density at radius 3 is 2.39 bits per heavy atom. The molecule has 0 saturated carbocycles. The van der Waals surface area contributed by atoms with Crippen LogP contribution in [0.2, 0.25) is 0 Å². The maximum atomic E-state index is 12.5. The molecule has 0 radical (unpaired) electrons. The molecule has 9 heteroatoms. The number of nitrogens with one attached hydrogen (secondary N) is 1. The van der Waals surface area contributed by atoms with Crippen molar-refractivity contribution in [2.45, 2.75) is 32.2 Å². The van der Waals surface area contributed by atoms with Crippen molar-refractivity contribution in [1.29, 1.82) is 0 Å². The fourth-order valence-corrected chi connectivity index (χ4v) is 3.72. The molecule has 0 aliphatic rings. The van der Waals surface area contributed by atoms with Crippen LogP contribution in [0.1, 0.15) is 22.8 Å². The van der Waals surface area contributed by atoms with Crippen molar-refractivity contribution < 1.29 is 8.42 Å². The fourth-order valence-electron chi connectivity index (χ4n) is 2.29. The number of aromatic nitrogens is 4. The molecule has 0 amide bonds. The van der Waals surface area contributed by atoms with Gasteiger partial charge in [-0.3, -0.25) is 4.68 Å². The van der Waals surface area contributed by atoms with Crippen molar-refractivity contribution in [3.05, 3.63) is 28.8 Å². The van der Waals surface area contributed by atoms with Crippen molar-refractivity contribution in [1.82, 2.24) is 24.5 Å². The standard InChI is InChI=1S/C14H22N6O2S/c1-9-7-12(17-14(16-9)19(4)5)8-15-23(21,22)13-10(2)18-20(6)11(13)3/h7,15H,8H2,1-6H3.